The van der Waals surface area contributed by atoms with Crippen LogP contribution in [0.25, 0.3) is 11.1 Å². The van der Waals surface area contributed by atoms with Gasteiger partial charge in [-0.25, -0.2) is 4.79 Å². The Kier molecular flexibility index (Phi) is 3.79. The highest BCUT2D eigenvalue weighted by Crippen LogP contribution is 2.34. The van der Waals surface area contributed by atoms with E-state index in [1.165, 1.54) is 4.90 Å². The van der Waals surface area contributed by atoms with Crippen LogP contribution in [0.4, 0.5) is 0 Å². The summed E-state index contributed by atoms with van der Waals surface area (Å²) in [7, 11) is 0. The second-order valence-electron chi connectivity index (χ2n) is 6.59. The van der Waals surface area contributed by atoms with E-state index in [1.807, 2.05) is 37.3 Å². The summed E-state index contributed by atoms with van der Waals surface area (Å²) in [6, 6.07) is 9.22. The first kappa shape index (κ1) is 15.8. The molecule has 25 heavy (non-hydrogen) atoms. The maximum Gasteiger partial charge on any atom is 0.344 e. The predicted octanol–water partition coefficient (Wildman–Crippen LogP) is 2.95. The van der Waals surface area contributed by atoms with Crippen LogP contribution in [0.1, 0.15) is 47.9 Å². The first-order valence-corrected chi connectivity index (χ1v) is 8.72. The Labute approximate surface area is 145 Å². The first-order chi connectivity index (χ1) is 12.1. The summed E-state index contributed by atoms with van der Waals surface area (Å²) in [5.74, 6) is -0.360. The molecule has 1 aliphatic heterocycles. The Hall–Kier alpha value is -2.69. The Bertz CT molecular complexity index is 909. The second-order valence-corrected chi connectivity index (χ2v) is 6.59. The van der Waals surface area contributed by atoms with Crippen LogP contribution in [0.15, 0.2) is 39.5 Å². The zero-order chi connectivity index (χ0) is 17.6. The third-order valence-electron chi connectivity index (χ3n) is 5.17. The fourth-order valence-corrected chi connectivity index (χ4v) is 3.72. The van der Waals surface area contributed by atoms with Gasteiger partial charge in [0.2, 0.25) is 5.91 Å². The maximum atomic E-state index is 13.1. The van der Waals surface area contributed by atoms with Gasteiger partial charge in [-0.1, -0.05) is 37.3 Å². The van der Waals surface area contributed by atoms with Crippen molar-refractivity contribution in [2.45, 2.75) is 45.1 Å². The Balaban J connectivity index is 1.92. The number of carbonyl (C=O) groups is 2. The molecule has 5 nitrogen and oxygen atoms in total. The van der Waals surface area contributed by atoms with Gasteiger partial charge in [-0.2, -0.15) is 0 Å². The molecular weight excluding hydrogens is 318 g/mol. The summed E-state index contributed by atoms with van der Waals surface area (Å²) in [6.45, 7) is 1.92. The van der Waals surface area contributed by atoms with Crippen molar-refractivity contribution < 1.29 is 14.0 Å². The lowest BCUT2D eigenvalue weighted by Gasteiger charge is -2.38. The molecule has 2 aliphatic rings. The number of amides is 2. The molecule has 128 valence electrons. The van der Waals surface area contributed by atoms with Gasteiger partial charge >= 0.3 is 5.63 Å². The van der Waals surface area contributed by atoms with Crippen LogP contribution in [0, 0.1) is 0 Å². The highest BCUT2D eigenvalue weighted by molar-refractivity contribution is 6.11. The molecule has 2 heterocycles. The van der Waals surface area contributed by atoms with Crippen LogP contribution in [-0.4, -0.2) is 22.8 Å². The predicted molar refractivity (Wildman–Crippen MR) is 92.3 cm³/mol. The van der Waals surface area contributed by atoms with Crippen LogP contribution < -0.4 is 5.63 Å². The SMILES string of the molecule is CCc1c2c(oc(=O)c1-c1ccccc1)CC(=O)N(C1CCC1)C2=O. The topological polar surface area (TPSA) is 67.6 Å². The van der Waals surface area contributed by atoms with Gasteiger partial charge in [-0.05, 0) is 36.8 Å². The molecule has 2 amide bonds. The van der Waals surface area contributed by atoms with Gasteiger partial charge in [0.15, 0.2) is 0 Å². The first-order valence-electron chi connectivity index (χ1n) is 8.72. The van der Waals surface area contributed by atoms with E-state index in [2.05, 4.69) is 0 Å². The molecule has 0 radical (unpaired) electrons. The van der Waals surface area contributed by atoms with E-state index in [0.29, 0.717) is 23.1 Å². The molecule has 1 aliphatic carbocycles. The van der Waals surface area contributed by atoms with Crippen LogP contribution in [-0.2, 0) is 17.6 Å². The molecule has 1 aromatic carbocycles. The fourth-order valence-electron chi connectivity index (χ4n) is 3.72. The van der Waals surface area contributed by atoms with Gasteiger partial charge in [0.25, 0.3) is 5.91 Å². The van der Waals surface area contributed by atoms with Crippen molar-refractivity contribution in [2.24, 2.45) is 0 Å². The number of rotatable bonds is 3. The van der Waals surface area contributed by atoms with Crippen LogP contribution in [0.2, 0.25) is 0 Å². The van der Waals surface area contributed by atoms with E-state index < -0.39 is 5.63 Å². The van der Waals surface area contributed by atoms with Crippen molar-refractivity contribution >= 4 is 11.8 Å². The summed E-state index contributed by atoms with van der Waals surface area (Å²) in [4.78, 5) is 39.4. The lowest BCUT2D eigenvalue weighted by Crippen LogP contribution is -2.51. The zero-order valence-electron chi connectivity index (χ0n) is 14.1. The summed E-state index contributed by atoms with van der Waals surface area (Å²) in [5, 5.41) is 0. The van der Waals surface area contributed by atoms with Crippen LogP contribution in [0.3, 0.4) is 0 Å². The largest absolute Gasteiger partial charge is 0.426 e. The molecule has 0 spiro atoms. The van der Waals surface area contributed by atoms with Gasteiger partial charge in [-0.15, -0.1) is 0 Å². The summed E-state index contributed by atoms with van der Waals surface area (Å²) in [6.07, 6.45) is 3.26. The monoisotopic (exact) mass is 337 g/mol. The van der Waals surface area contributed by atoms with Gasteiger partial charge in [0, 0.05) is 6.04 Å². The van der Waals surface area contributed by atoms with Gasteiger partial charge in [-0.3, -0.25) is 14.5 Å². The molecular formula is C20H19NO4. The third-order valence-corrected chi connectivity index (χ3v) is 5.17. The van der Waals surface area contributed by atoms with Crippen molar-refractivity contribution in [3.05, 3.63) is 57.6 Å². The number of carbonyl (C=O) groups excluding carboxylic acids is 2. The number of hydrogen-bond donors (Lipinski definition) is 0. The molecule has 1 fully saturated rings. The average molecular weight is 337 g/mol. The number of benzene rings is 1. The molecule has 1 saturated carbocycles. The van der Waals surface area contributed by atoms with E-state index in [9.17, 15) is 14.4 Å². The van der Waals surface area contributed by atoms with Crippen molar-refractivity contribution in [1.29, 1.82) is 0 Å². The Morgan fingerprint density at radius 3 is 2.40 bits per heavy atom. The minimum absolute atomic E-state index is 0.00930. The van der Waals surface area contributed by atoms with E-state index in [1.54, 1.807) is 0 Å². The summed E-state index contributed by atoms with van der Waals surface area (Å²) >= 11 is 0. The molecule has 5 heteroatoms. The molecule has 0 N–H and O–H groups in total. The van der Waals surface area contributed by atoms with E-state index in [-0.39, 0.29) is 30.0 Å². The van der Waals surface area contributed by atoms with E-state index in [4.69, 9.17) is 4.42 Å². The average Bonchev–Trinajstić information content (AvgIpc) is 2.56. The van der Waals surface area contributed by atoms with Gasteiger partial charge < -0.3 is 4.42 Å². The van der Waals surface area contributed by atoms with Crippen LogP contribution >= 0.6 is 0 Å². The molecule has 2 aromatic rings. The number of nitrogens with zero attached hydrogens (tertiary/aromatic N) is 1. The Morgan fingerprint density at radius 2 is 1.80 bits per heavy atom. The third kappa shape index (κ3) is 2.42. The standard InChI is InChI=1S/C20H19NO4/c1-2-14-17(12-7-4-3-5-8-12)20(24)25-15-11-16(22)21(13-9-6-10-13)19(23)18(14)15/h3-5,7-8,13H,2,6,9-11H2,1H3. The van der Waals surface area contributed by atoms with Gasteiger partial charge in [0.1, 0.15) is 5.76 Å². The molecule has 0 bridgehead atoms. The highest BCUT2D eigenvalue weighted by atomic mass is 16.4. The fraction of sp³-hybridized carbons (Fsp3) is 0.350. The number of hydrogen-bond acceptors (Lipinski definition) is 4. The van der Waals surface area contributed by atoms with Crippen molar-refractivity contribution in [1.82, 2.24) is 4.90 Å². The van der Waals surface area contributed by atoms with Crippen molar-refractivity contribution in [3.63, 3.8) is 0 Å². The lowest BCUT2D eigenvalue weighted by atomic mass is 9.87. The van der Waals surface area contributed by atoms with E-state index >= 15 is 0 Å². The van der Waals surface area contributed by atoms with Crippen LogP contribution in [0.5, 0.6) is 0 Å². The molecule has 0 atom stereocenters. The minimum Gasteiger partial charge on any atom is -0.426 e. The summed E-state index contributed by atoms with van der Waals surface area (Å²) in [5.41, 5.74) is 1.76. The quantitative estimate of drug-likeness (QED) is 0.808. The smallest absolute Gasteiger partial charge is 0.344 e. The van der Waals surface area contributed by atoms with E-state index in [0.717, 1.165) is 24.8 Å². The van der Waals surface area contributed by atoms with Crippen molar-refractivity contribution in [3.8, 4) is 11.1 Å². The van der Waals surface area contributed by atoms with Gasteiger partial charge in [0.05, 0.1) is 17.5 Å². The second kappa shape index (κ2) is 5.99. The maximum absolute atomic E-state index is 13.1. The number of imide groups is 1. The van der Waals surface area contributed by atoms with Crippen molar-refractivity contribution in [2.75, 3.05) is 0 Å². The normalized spacial score (nSPS) is 17.4. The molecule has 1 aromatic heterocycles. The Morgan fingerprint density at radius 1 is 1.08 bits per heavy atom. The zero-order valence-corrected chi connectivity index (χ0v) is 14.1. The molecule has 0 saturated heterocycles. The summed E-state index contributed by atoms with van der Waals surface area (Å²) < 4.78 is 5.42. The highest BCUT2D eigenvalue weighted by Gasteiger charge is 2.41. The lowest BCUT2D eigenvalue weighted by molar-refractivity contribution is -0.132. The minimum atomic E-state index is -0.487. The molecule has 4 rings (SSSR count). The molecule has 0 unspecified atom stereocenters. The number of fused-ring (bicyclic) bond motifs is 1.